The average Bonchev–Trinajstić information content (AvgIpc) is 2.76. The number of carbonyl (C=O) groups is 1. The number of imidazole rings is 1. The van der Waals surface area contributed by atoms with Crippen LogP contribution < -0.4 is 0 Å². The number of hydrogen-bond acceptors (Lipinski definition) is 2. The molecule has 2 aromatic rings. The lowest BCUT2D eigenvalue weighted by molar-refractivity contribution is 0.0755. The van der Waals surface area contributed by atoms with E-state index in [4.69, 9.17) is 0 Å². The molecule has 0 bridgehead atoms. The SMILES string of the molecule is Cc1cccc2nc(C(=O)N3CCCC(C)CC3)cn12. The number of aryl methyl sites for hydroxylation is 1. The van der Waals surface area contributed by atoms with Crippen LogP contribution >= 0.6 is 0 Å². The molecule has 0 spiro atoms. The molecule has 1 amide bonds. The van der Waals surface area contributed by atoms with Crippen molar-refractivity contribution in [3.63, 3.8) is 0 Å². The number of fused-ring (bicyclic) bond motifs is 1. The summed E-state index contributed by atoms with van der Waals surface area (Å²) in [5.74, 6) is 0.790. The van der Waals surface area contributed by atoms with E-state index >= 15 is 0 Å². The number of carbonyl (C=O) groups excluding carboxylic acids is 1. The van der Waals surface area contributed by atoms with Crippen molar-refractivity contribution >= 4 is 11.6 Å². The second-order valence-corrected chi connectivity index (χ2v) is 5.85. The fraction of sp³-hybridized carbons (Fsp3) is 0.500. The van der Waals surface area contributed by atoms with E-state index in [1.807, 2.05) is 40.6 Å². The second-order valence-electron chi connectivity index (χ2n) is 5.85. The summed E-state index contributed by atoms with van der Waals surface area (Å²) in [5, 5.41) is 0. The maximum absolute atomic E-state index is 12.6. The molecule has 0 saturated carbocycles. The Kier molecular flexibility index (Phi) is 3.47. The molecule has 0 N–H and O–H groups in total. The zero-order valence-electron chi connectivity index (χ0n) is 12.2. The predicted octanol–water partition coefficient (Wildman–Crippen LogP) is 2.90. The molecule has 0 aromatic carbocycles. The molecule has 0 radical (unpaired) electrons. The van der Waals surface area contributed by atoms with Crippen LogP contribution in [-0.2, 0) is 0 Å². The zero-order valence-corrected chi connectivity index (χ0v) is 12.2. The van der Waals surface area contributed by atoms with Gasteiger partial charge in [-0.05, 0) is 44.2 Å². The Labute approximate surface area is 119 Å². The third-order valence-corrected chi connectivity index (χ3v) is 4.22. The van der Waals surface area contributed by atoms with Crippen LogP contribution in [0.3, 0.4) is 0 Å². The Morgan fingerprint density at radius 2 is 2.15 bits per heavy atom. The molecule has 1 atom stereocenters. The average molecular weight is 271 g/mol. The quantitative estimate of drug-likeness (QED) is 0.799. The van der Waals surface area contributed by atoms with E-state index in [1.54, 1.807) is 0 Å². The molecule has 3 heterocycles. The van der Waals surface area contributed by atoms with Crippen LogP contribution in [-0.4, -0.2) is 33.3 Å². The molecule has 1 aliphatic rings. The van der Waals surface area contributed by atoms with Crippen molar-refractivity contribution in [2.24, 2.45) is 5.92 Å². The number of nitrogens with zero attached hydrogens (tertiary/aromatic N) is 3. The topological polar surface area (TPSA) is 37.6 Å². The van der Waals surface area contributed by atoms with Gasteiger partial charge in [-0.1, -0.05) is 13.0 Å². The monoisotopic (exact) mass is 271 g/mol. The summed E-state index contributed by atoms with van der Waals surface area (Å²) in [5.41, 5.74) is 2.50. The Bertz CT molecular complexity index is 632. The number of likely N-dealkylation sites (tertiary alicyclic amines) is 1. The molecule has 3 rings (SSSR count). The number of rotatable bonds is 1. The van der Waals surface area contributed by atoms with E-state index in [2.05, 4.69) is 11.9 Å². The minimum absolute atomic E-state index is 0.0715. The van der Waals surface area contributed by atoms with E-state index in [0.717, 1.165) is 43.2 Å². The normalized spacial score (nSPS) is 20.1. The Morgan fingerprint density at radius 3 is 2.95 bits per heavy atom. The minimum Gasteiger partial charge on any atom is -0.337 e. The minimum atomic E-state index is 0.0715. The van der Waals surface area contributed by atoms with Crippen molar-refractivity contribution in [1.29, 1.82) is 0 Å². The Hall–Kier alpha value is -1.84. The molecule has 1 unspecified atom stereocenters. The molecule has 1 saturated heterocycles. The standard InChI is InChI=1S/C16H21N3O/c1-12-5-4-9-18(10-8-12)16(20)14-11-19-13(2)6-3-7-15(19)17-14/h3,6-7,11-12H,4-5,8-10H2,1-2H3. The predicted molar refractivity (Wildman–Crippen MR) is 78.8 cm³/mol. The number of hydrogen-bond donors (Lipinski definition) is 0. The van der Waals surface area contributed by atoms with Gasteiger partial charge in [-0.25, -0.2) is 4.98 Å². The lowest BCUT2D eigenvalue weighted by atomic mass is 10.0. The Balaban J connectivity index is 1.86. The van der Waals surface area contributed by atoms with Gasteiger partial charge in [-0.2, -0.15) is 0 Å². The van der Waals surface area contributed by atoms with Crippen LogP contribution in [0.1, 0.15) is 42.4 Å². The third kappa shape index (κ3) is 2.42. The Morgan fingerprint density at radius 1 is 1.30 bits per heavy atom. The number of aromatic nitrogens is 2. The summed E-state index contributed by atoms with van der Waals surface area (Å²) in [6.07, 6.45) is 5.27. The van der Waals surface area contributed by atoms with Crippen molar-refractivity contribution in [1.82, 2.24) is 14.3 Å². The largest absolute Gasteiger partial charge is 0.337 e. The number of pyridine rings is 1. The lowest BCUT2D eigenvalue weighted by Crippen LogP contribution is -2.32. The van der Waals surface area contributed by atoms with E-state index in [-0.39, 0.29) is 5.91 Å². The molecule has 4 heteroatoms. The maximum Gasteiger partial charge on any atom is 0.274 e. The molecule has 106 valence electrons. The molecular formula is C16H21N3O. The first-order valence-corrected chi connectivity index (χ1v) is 7.39. The molecule has 4 nitrogen and oxygen atoms in total. The first kappa shape index (κ1) is 13.2. The van der Waals surface area contributed by atoms with Gasteiger partial charge in [0.15, 0.2) is 0 Å². The van der Waals surface area contributed by atoms with Gasteiger partial charge < -0.3 is 9.30 Å². The highest BCUT2D eigenvalue weighted by atomic mass is 16.2. The van der Waals surface area contributed by atoms with Crippen molar-refractivity contribution in [3.05, 3.63) is 35.8 Å². The van der Waals surface area contributed by atoms with Crippen molar-refractivity contribution in [3.8, 4) is 0 Å². The van der Waals surface area contributed by atoms with Crippen LogP contribution in [0, 0.1) is 12.8 Å². The van der Waals surface area contributed by atoms with E-state index in [1.165, 1.54) is 6.42 Å². The molecule has 2 aromatic heterocycles. The zero-order chi connectivity index (χ0) is 14.1. The first-order chi connectivity index (χ1) is 9.65. The summed E-state index contributed by atoms with van der Waals surface area (Å²) in [7, 11) is 0. The van der Waals surface area contributed by atoms with Gasteiger partial charge in [0.1, 0.15) is 11.3 Å². The number of amides is 1. The fourth-order valence-electron chi connectivity index (χ4n) is 2.88. The summed E-state index contributed by atoms with van der Waals surface area (Å²) in [4.78, 5) is 19.0. The van der Waals surface area contributed by atoms with Crippen LogP contribution in [0.15, 0.2) is 24.4 Å². The van der Waals surface area contributed by atoms with Crippen LogP contribution in [0.4, 0.5) is 0 Å². The molecule has 1 aliphatic heterocycles. The van der Waals surface area contributed by atoms with Crippen LogP contribution in [0.5, 0.6) is 0 Å². The van der Waals surface area contributed by atoms with Crippen molar-refractivity contribution in [2.75, 3.05) is 13.1 Å². The van der Waals surface area contributed by atoms with Gasteiger partial charge >= 0.3 is 0 Å². The van der Waals surface area contributed by atoms with Gasteiger partial charge in [0.25, 0.3) is 5.91 Å². The van der Waals surface area contributed by atoms with Gasteiger partial charge in [-0.15, -0.1) is 0 Å². The molecule has 1 fully saturated rings. The lowest BCUT2D eigenvalue weighted by Gasteiger charge is -2.19. The first-order valence-electron chi connectivity index (χ1n) is 7.39. The van der Waals surface area contributed by atoms with E-state index < -0.39 is 0 Å². The molecule has 0 aliphatic carbocycles. The highest BCUT2D eigenvalue weighted by Gasteiger charge is 2.21. The highest BCUT2D eigenvalue weighted by molar-refractivity contribution is 5.93. The summed E-state index contributed by atoms with van der Waals surface area (Å²) >= 11 is 0. The van der Waals surface area contributed by atoms with Crippen molar-refractivity contribution in [2.45, 2.75) is 33.1 Å². The van der Waals surface area contributed by atoms with Crippen molar-refractivity contribution < 1.29 is 4.79 Å². The third-order valence-electron chi connectivity index (χ3n) is 4.22. The summed E-state index contributed by atoms with van der Waals surface area (Å²) < 4.78 is 1.98. The summed E-state index contributed by atoms with van der Waals surface area (Å²) in [6.45, 7) is 6.00. The van der Waals surface area contributed by atoms with Gasteiger partial charge in [0.2, 0.25) is 0 Å². The van der Waals surface area contributed by atoms with E-state index in [9.17, 15) is 4.79 Å². The smallest absolute Gasteiger partial charge is 0.274 e. The van der Waals surface area contributed by atoms with Gasteiger partial charge in [0, 0.05) is 25.0 Å². The second kappa shape index (κ2) is 5.27. The maximum atomic E-state index is 12.6. The highest BCUT2D eigenvalue weighted by Crippen LogP contribution is 2.18. The van der Waals surface area contributed by atoms with Crippen LogP contribution in [0.25, 0.3) is 5.65 Å². The van der Waals surface area contributed by atoms with Crippen LogP contribution in [0.2, 0.25) is 0 Å². The molecule has 20 heavy (non-hydrogen) atoms. The van der Waals surface area contributed by atoms with Gasteiger partial charge in [0.05, 0.1) is 0 Å². The van der Waals surface area contributed by atoms with E-state index in [0.29, 0.717) is 5.69 Å². The molecular weight excluding hydrogens is 250 g/mol. The fourth-order valence-corrected chi connectivity index (χ4v) is 2.88. The van der Waals surface area contributed by atoms with Gasteiger partial charge in [-0.3, -0.25) is 4.79 Å². The summed E-state index contributed by atoms with van der Waals surface area (Å²) in [6, 6.07) is 5.93.